The molecule has 2 atom stereocenters. The molecule has 0 radical (unpaired) electrons. The highest BCUT2D eigenvalue weighted by atomic mass is 19.4. The number of rotatable bonds is 3. The van der Waals surface area contributed by atoms with Crippen LogP contribution in [0.15, 0.2) is 72.8 Å². The quantitative estimate of drug-likeness (QED) is 0.392. The van der Waals surface area contributed by atoms with E-state index in [4.69, 9.17) is 9.47 Å². The molecule has 2 unspecified atom stereocenters. The molecule has 0 aromatic heterocycles. The third-order valence-electron chi connectivity index (χ3n) is 7.52. The summed E-state index contributed by atoms with van der Waals surface area (Å²) in [5, 5.41) is 0. The standard InChI is InChI=1S/C30H26F3NO3/c1-18-10-19(12-21(11-18)30(31,32)33)20-13-22-15-36-16-23(14-20)34(22)29(35)37-17-28-26-8-4-2-6-24(26)25-7-3-5-9-27(25)28/h2-13,22-23,28H,14-17H2,1H3. The zero-order valence-corrected chi connectivity index (χ0v) is 20.3. The van der Waals surface area contributed by atoms with Crippen LogP contribution in [0.1, 0.15) is 40.2 Å². The molecule has 1 saturated heterocycles. The van der Waals surface area contributed by atoms with Crippen LogP contribution in [0, 0.1) is 6.92 Å². The number of alkyl halides is 3. The van der Waals surface area contributed by atoms with E-state index in [-0.39, 0.29) is 25.2 Å². The lowest BCUT2D eigenvalue weighted by Gasteiger charge is -2.44. The van der Waals surface area contributed by atoms with Gasteiger partial charge in [-0.25, -0.2) is 4.79 Å². The Balaban J connectivity index is 1.23. The molecule has 0 saturated carbocycles. The van der Waals surface area contributed by atoms with Gasteiger partial charge in [-0.1, -0.05) is 60.7 Å². The van der Waals surface area contributed by atoms with Crippen LogP contribution in [0.3, 0.4) is 0 Å². The summed E-state index contributed by atoms with van der Waals surface area (Å²) >= 11 is 0. The molecular weight excluding hydrogens is 479 g/mol. The van der Waals surface area contributed by atoms with Crippen LogP contribution in [0.25, 0.3) is 16.7 Å². The number of ether oxygens (including phenoxy) is 2. The van der Waals surface area contributed by atoms with Gasteiger partial charge in [0.15, 0.2) is 0 Å². The fourth-order valence-electron chi connectivity index (χ4n) is 5.90. The van der Waals surface area contributed by atoms with Gasteiger partial charge in [0.2, 0.25) is 0 Å². The second-order valence-corrected chi connectivity index (χ2v) is 9.95. The molecule has 1 fully saturated rings. The summed E-state index contributed by atoms with van der Waals surface area (Å²) in [5.74, 6) is -0.0450. The molecule has 0 spiro atoms. The first-order chi connectivity index (χ1) is 17.8. The van der Waals surface area contributed by atoms with E-state index in [0.717, 1.165) is 33.9 Å². The Morgan fingerprint density at radius 3 is 2.32 bits per heavy atom. The summed E-state index contributed by atoms with van der Waals surface area (Å²) in [6, 6.07) is 19.7. The van der Waals surface area contributed by atoms with E-state index >= 15 is 0 Å². The van der Waals surface area contributed by atoms with E-state index < -0.39 is 23.9 Å². The van der Waals surface area contributed by atoms with Crippen LogP contribution in [-0.2, 0) is 15.7 Å². The fraction of sp³-hybridized carbons (Fsp3) is 0.300. The Kier molecular flexibility index (Phi) is 5.83. The molecule has 2 heterocycles. The Labute approximate surface area is 213 Å². The number of fused-ring (bicyclic) bond motifs is 5. The highest BCUT2D eigenvalue weighted by Crippen LogP contribution is 2.45. The van der Waals surface area contributed by atoms with Crippen LogP contribution >= 0.6 is 0 Å². The van der Waals surface area contributed by atoms with Crippen molar-refractivity contribution < 1.29 is 27.4 Å². The molecule has 1 amide bonds. The highest BCUT2D eigenvalue weighted by Gasteiger charge is 2.40. The molecule has 37 heavy (non-hydrogen) atoms. The number of nitrogens with zero attached hydrogens (tertiary/aromatic N) is 1. The minimum Gasteiger partial charge on any atom is -0.448 e. The molecule has 3 aromatic carbocycles. The molecular formula is C30H26F3NO3. The summed E-state index contributed by atoms with van der Waals surface area (Å²) in [6.07, 6.45) is -2.58. The number of amides is 1. The first-order valence-corrected chi connectivity index (χ1v) is 12.4. The van der Waals surface area contributed by atoms with E-state index in [9.17, 15) is 18.0 Å². The summed E-state index contributed by atoms with van der Waals surface area (Å²) in [7, 11) is 0. The van der Waals surface area contributed by atoms with Crippen LogP contribution in [0.2, 0.25) is 0 Å². The predicted molar refractivity (Wildman–Crippen MR) is 134 cm³/mol. The van der Waals surface area contributed by atoms with Gasteiger partial charge in [0, 0.05) is 5.92 Å². The largest absolute Gasteiger partial charge is 0.448 e. The van der Waals surface area contributed by atoms with Crippen molar-refractivity contribution in [2.75, 3.05) is 19.8 Å². The Morgan fingerprint density at radius 1 is 1.00 bits per heavy atom. The molecule has 2 aliphatic heterocycles. The molecule has 7 heteroatoms. The van der Waals surface area contributed by atoms with Gasteiger partial charge in [-0.05, 0) is 64.4 Å². The first kappa shape index (κ1) is 23.8. The number of carbonyl (C=O) groups is 1. The van der Waals surface area contributed by atoms with Crippen LogP contribution in [0.5, 0.6) is 0 Å². The topological polar surface area (TPSA) is 38.8 Å². The van der Waals surface area contributed by atoms with Gasteiger partial charge in [-0.15, -0.1) is 0 Å². The Hall–Kier alpha value is -3.58. The smallest absolute Gasteiger partial charge is 0.416 e. The van der Waals surface area contributed by atoms with Gasteiger partial charge in [0.1, 0.15) is 6.61 Å². The summed E-state index contributed by atoms with van der Waals surface area (Å²) in [5.41, 5.74) is 5.82. The molecule has 4 nitrogen and oxygen atoms in total. The van der Waals surface area contributed by atoms with Crippen LogP contribution in [-0.4, -0.2) is 42.9 Å². The Bertz CT molecular complexity index is 1350. The summed E-state index contributed by atoms with van der Waals surface area (Å²) in [4.78, 5) is 15.0. The monoisotopic (exact) mass is 505 g/mol. The van der Waals surface area contributed by atoms with Crippen molar-refractivity contribution in [1.29, 1.82) is 0 Å². The van der Waals surface area contributed by atoms with Crippen molar-refractivity contribution in [3.8, 4) is 11.1 Å². The maximum atomic E-state index is 13.4. The third-order valence-corrected chi connectivity index (χ3v) is 7.52. The fourth-order valence-corrected chi connectivity index (χ4v) is 5.90. The van der Waals surface area contributed by atoms with Crippen molar-refractivity contribution in [3.05, 3.63) is 101 Å². The predicted octanol–water partition coefficient (Wildman–Crippen LogP) is 6.82. The number of halogens is 3. The number of aryl methyl sites for hydroxylation is 1. The SMILES string of the molecule is Cc1cc(C2=CC3COCC(C2)N3C(=O)OCC2c3ccccc3-c3ccccc32)cc(C(F)(F)F)c1. The number of benzene rings is 3. The average molecular weight is 506 g/mol. The number of hydrogen-bond acceptors (Lipinski definition) is 3. The molecule has 1 aliphatic carbocycles. The first-order valence-electron chi connectivity index (χ1n) is 12.4. The Morgan fingerprint density at radius 2 is 1.68 bits per heavy atom. The maximum Gasteiger partial charge on any atom is 0.416 e. The minimum atomic E-state index is -4.41. The summed E-state index contributed by atoms with van der Waals surface area (Å²) in [6.45, 7) is 2.47. The minimum absolute atomic E-state index is 0.0450. The van der Waals surface area contributed by atoms with Gasteiger partial charge in [-0.2, -0.15) is 13.2 Å². The van der Waals surface area contributed by atoms with Gasteiger partial charge in [-0.3, -0.25) is 4.90 Å². The van der Waals surface area contributed by atoms with Crippen LogP contribution in [0.4, 0.5) is 18.0 Å². The molecule has 6 rings (SSSR count). The molecule has 190 valence electrons. The number of hydrogen-bond donors (Lipinski definition) is 0. The molecule has 2 bridgehead atoms. The van der Waals surface area contributed by atoms with Crippen molar-refractivity contribution >= 4 is 11.7 Å². The summed E-state index contributed by atoms with van der Waals surface area (Å²) < 4.78 is 51.8. The molecule has 3 aromatic rings. The van der Waals surface area contributed by atoms with Crippen molar-refractivity contribution in [3.63, 3.8) is 0 Å². The lowest BCUT2D eigenvalue weighted by molar-refractivity contribution is -0.137. The number of carbonyl (C=O) groups excluding carboxylic acids is 1. The zero-order chi connectivity index (χ0) is 25.7. The normalized spacial score (nSPS) is 20.8. The van der Waals surface area contributed by atoms with Crippen LogP contribution < -0.4 is 0 Å². The lowest BCUT2D eigenvalue weighted by Crippen LogP contribution is -2.56. The van der Waals surface area contributed by atoms with E-state index in [1.165, 1.54) is 6.07 Å². The van der Waals surface area contributed by atoms with E-state index in [2.05, 4.69) is 24.3 Å². The highest BCUT2D eigenvalue weighted by molar-refractivity contribution is 5.79. The van der Waals surface area contributed by atoms with Crippen molar-refractivity contribution in [2.24, 2.45) is 0 Å². The molecule has 0 N–H and O–H groups in total. The van der Waals surface area contributed by atoms with Crippen molar-refractivity contribution in [1.82, 2.24) is 4.90 Å². The second-order valence-electron chi connectivity index (χ2n) is 9.95. The van der Waals surface area contributed by atoms with Gasteiger partial charge < -0.3 is 9.47 Å². The third kappa shape index (κ3) is 4.31. The second kappa shape index (κ2) is 9.06. The average Bonchev–Trinajstić information content (AvgIpc) is 3.19. The molecule has 3 aliphatic rings. The van der Waals surface area contributed by atoms with Gasteiger partial charge in [0.05, 0.1) is 30.9 Å². The van der Waals surface area contributed by atoms with E-state index in [1.807, 2.05) is 30.3 Å². The van der Waals surface area contributed by atoms with Crippen molar-refractivity contribution in [2.45, 2.75) is 37.5 Å². The van der Waals surface area contributed by atoms with E-state index in [1.54, 1.807) is 17.9 Å². The zero-order valence-electron chi connectivity index (χ0n) is 20.3. The number of morpholine rings is 1. The lowest BCUT2D eigenvalue weighted by atomic mass is 9.88. The maximum absolute atomic E-state index is 13.4. The van der Waals surface area contributed by atoms with Gasteiger partial charge >= 0.3 is 12.3 Å². The van der Waals surface area contributed by atoms with E-state index in [0.29, 0.717) is 24.2 Å². The van der Waals surface area contributed by atoms with Gasteiger partial charge in [0.25, 0.3) is 0 Å².